The fourth-order valence-corrected chi connectivity index (χ4v) is 2.31. The lowest BCUT2D eigenvalue weighted by atomic mass is 10.1. The molecule has 0 heterocycles. The first kappa shape index (κ1) is 15.3. The minimum absolute atomic E-state index is 0.358. The Hall–Kier alpha value is -2.08. The summed E-state index contributed by atoms with van der Waals surface area (Å²) < 4.78 is 5.13. The second kappa shape index (κ2) is 6.58. The van der Waals surface area contributed by atoms with E-state index in [0.717, 1.165) is 24.2 Å². The SMILES string of the molecule is COc1ccc(CN(C2CC2)[C@H](C)C(=O)NC(N)=O)cc1. The third-order valence-electron chi connectivity index (χ3n) is 3.66. The summed E-state index contributed by atoms with van der Waals surface area (Å²) in [5.41, 5.74) is 6.10. The molecule has 1 fully saturated rings. The molecule has 0 bridgehead atoms. The number of hydrogen-bond donors (Lipinski definition) is 2. The lowest BCUT2D eigenvalue weighted by Crippen LogP contribution is -2.48. The van der Waals surface area contributed by atoms with E-state index in [1.807, 2.05) is 24.3 Å². The summed E-state index contributed by atoms with van der Waals surface area (Å²) in [6.45, 7) is 2.45. The minimum Gasteiger partial charge on any atom is -0.497 e. The standard InChI is InChI=1S/C15H21N3O3/c1-10(14(19)17-15(16)20)18(12-5-6-12)9-11-3-7-13(21-2)8-4-11/h3-4,7-8,10,12H,5-6,9H2,1-2H3,(H3,16,17,19,20)/t10-/m1/s1. The first-order valence-electron chi connectivity index (χ1n) is 7.00. The number of urea groups is 1. The van der Waals surface area contributed by atoms with Gasteiger partial charge >= 0.3 is 6.03 Å². The van der Waals surface area contributed by atoms with Gasteiger partial charge in [0.05, 0.1) is 13.2 Å². The molecule has 1 aliphatic rings. The third-order valence-corrected chi connectivity index (χ3v) is 3.66. The molecule has 1 saturated carbocycles. The zero-order valence-corrected chi connectivity index (χ0v) is 12.3. The van der Waals surface area contributed by atoms with Crippen molar-refractivity contribution >= 4 is 11.9 Å². The molecule has 21 heavy (non-hydrogen) atoms. The molecule has 114 valence electrons. The number of rotatable bonds is 6. The molecule has 6 heteroatoms. The van der Waals surface area contributed by atoms with Crippen LogP contribution in [0.25, 0.3) is 0 Å². The van der Waals surface area contributed by atoms with E-state index >= 15 is 0 Å². The second-order valence-corrected chi connectivity index (χ2v) is 5.28. The van der Waals surface area contributed by atoms with Gasteiger partial charge in [0, 0.05) is 12.6 Å². The number of benzene rings is 1. The molecular formula is C15H21N3O3. The molecular weight excluding hydrogens is 270 g/mol. The van der Waals surface area contributed by atoms with Crippen LogP contribution >= 0.6 is 0 Å². The molecule has 0 aliphatic heterocycles. The molecule has 0 unspecified atom stereocenters. The number of nitrogens with one attached hydrogen (secondary N) is 1. The molecule has 3 N–H and O–H groups in total. The summed E-state index contributed by atoms with van der Waals surface area (Å²) in [7, 11) is 1.63. The Morgan fingerprint density at radius 3 is 2.48 bits per heavy atom. The van der Waals surface area contributed by atoms with Crippen LogP contribution < -0.4 is 15.8 Å². The van der Waals surface area contributed by atoms with Gasteiger partial charge in [-0.25, -0.2) is 4.79 Å². The van der Waals surface area contributed by atoms with E-state index < -0.39 is 12.1 Å². The van der Waals surface area contributed by atoms with Crippen LogP contribution in [0.5, 0.6) is 5.75 Å². The molecule has 3 amide bonds. The van der Waals surface area contributed by atoms with Crippen LogP contribution in [0.4, 0.5) is 4.79 Å². The first-order chi connectivity index (χ1) is 10.0. The van der Waals surface area contributed by atoms with Gasteiger partial charge in [0.15, 0.2) is 0 Å². The number of carbonyl (C=O) groups excluding carboxylic acids is 2. The molecule has 1 aliphatic carbocycles. The Labute approximate surface area is 124 Å². The summed E-state index contributed by atoms with van der Waals surface area (Å²) in [6, 6.07) is 6.93. The Balaban J connectivity index is 2.04. The van der Waals surface area contributed by atoms with Gasteiger partial charge in [-0.15, -0.1) is 0 Å². The van der Waals surface area contributed by atoms with E-state index in [9.17, 15) is 9.59 Å². The molecule has 0 saturated heterocycles. The van der Waals surface area contributed by atoms with E-state index in [2.05, 4.69) is 10.2 Å². The molecule has 0 radical (unpaired) electrons. The van der Waals surface area contributed by atoms with Crippen molar-refractivity contribution < 1.29 is 14.3 Å². The van der Waals surface area contributed by atoms with Crippen LogP contribution in [-0.2, 0) is 11.3 Å². The number of ether oxygens (including phenoxy) is 1. The Bertz CT molecular complexity index is 511. The van der Waals surface area contributed by atoms with Crippen LogP contribution in [0.15, 0.2) is 24.3 Å². The molecule has 6 nitrogen and oxygen atoms in total. The fourth-order valence-electron chi connectivity index (χ4n) is 2.31. The van der Waals surface area contributed by atoms with Crippen molar-refractivity contribution in [3.8, 4) is 5.75 Å². The molecule has 2 rings (SSSR count). The Kier molecular flexibility index (Phi) is 4.80. The zero-order valence-electron chi connectivity index (χ0n) is 12.3. The van der Waals surface area contributed by atoms with Crippen molar-refractivity contribution in [3.63, 3.8) is 0 Å². The molecule has 0 spiro atoms. The van der Waals surface area contributed by atoms with E-state index in [1.54, 1.807) is 14.0 Å². The minimum atomic E-state index is -0.813. The number of imide groups is 1. The summed E-state index contributed by atoms with van der Waals surface area (Å²) in [6.07, 6.45) is 2.15. The quantitative estimate of drug-likeness (QED) is 0.826. The number of amides is 3. The van der Waals surface area contributed by atoms with Gasteiger partial charge in [-0.3, -0.25) is 15.0 Å². The Morgan fingerprint density at radius 1 is 1.38 bits per heavy atom. The number of methoxy groups -OCH3 is 1. The highest BCUT2D eigenvalue weighted by molar-refractivity contribution is 5.96. The van der Waals surface area contributed by atoms with Gasteiger partial charge in [-0.05, 0) is 37.5 Å². The lowest BCUT2D eigenvalue weighted by molar-refractivity contribution is -0.125. The van der Waals surface area contributed by atoms with Crippen LogP contribution in [-0.4, -0.2) is 36.0 Å². The predicted octanol–water partition coefficient (Wildman–Crippen LogP) is 1.24. The lowest BCUT2D eigenvalue weighted by Gasteiger charge is -2.28. The number of nitrogens with two attached hydrogens (primary N) is 1. The van der Waals surface area contributed by atoms with Crippen LogP contribution in [0, 0.1) is 0 Å². The highest BCUT2D eigenvalue weighted by Crippen LogP contribution is 2.30. The van der Waals surface area contributed by atoms with Gasteiger partial charge in [0.25, 0.3) is 0 Å². The van der Waals surface area contributed by atoms with Crippen molar-refractivity contribution in [2.45, 2.75) is 38.4 Å². The van der Waals surface area contributed by atoms with E-state index in [0.29, 0.717) is 12.6 Å². The van der Waals surface area contributed by atoms with E-state index in [-0.39, 0.29) is 5.91 Å². The first-order valence-corrected chi connectivity index (χ1v) is 7.00. The van der Waals surface area contributed by atoms with Crippen molar-refractivity contribution in [3.05, 3.63) is 29.8 Å². The predicted molar refractivity (Wildman–Crippen MR) is 78.7 cm³/mol. The van der Waals surface area contributed by atoms with Gasteiger partial charge in [0.2, 0.25) is 5.91 Å². The summed E-state index contributed by atoms with van der Waals surface area (Å²) in [5, 5.41) is 2.15. The van der Waals surface area contributed by atoms with Gasteiger partial charge in [-0.2, -0.15) is 0 Å². The second-order valence-electron chi connectivity index (χ2n) is 5.28. The van der Waals surface area contributed by atoms with E-state index in [1.165, 1.54) is 0 Å². The molecule has 0 aromatic heterocycles. The largest absolute Gasteiger partial charge is 0.497 e. The average Bonchev–Trinajstić information content (AvgIpc) is 3.28. The smallest absolute Gasteiger partial charge is 0.318 e. The number of carbonyl (C=O) groups is 2. The van der Waals surface area contributed by atoms with Crippen LogP contribution in [0.3, 0.4) is 0 Å². The van der Waals surface area contributed by atoms with Gasteiger partial charge in [0.1, 0.15) is 5.75 Å². The fraction of sp³-hybridized carbons (Fsp3) is 0.467. The van der Waals surface area contributed by atoms with Crippen LogP contribution in [0.1, 0.15) is 25.3 Å². The maximum Gasteiger partial charge on any atom is 0.318 e. The normalized spacial score (nSPS) is 15.6. The number of nitrogens with zero attached hydrogens (tertiary/aromatic N) is 1. The van der Waals surface area contributed by atoms with Gasteiger partial charge in [-0.1, -0.05) is 12.1 Å². The molecule has 1 aromatic carbocycles. The monoisotopic (exact) mass is 291 g/mol. The van der Waals surface area contributed by atoms with Crippen molar-refractivity contribution in [2.75, 3.05) is 7.11 Å². The average molecular weight is 291 g/mol. The maximum absolute atomic E-state index is 11.9. The van der Waals surface area contributed by atoms with Crippen molar-refractivity contribution in [1.82, 2.24) is 10.2 Å². The van der Waals surface area contributed by atoms with Crippen molar-refractivity contribution in [2.24, 2.45) is 5.73 Å². The topological polar surface area (TPSA) is 84.7 Å². The third kappa shape index (κ3) is 4.19. The maximum atomic E-state index is 11.9. The summed E-state index contributed by atoms with van der Waals surface area (Å²) >= 11 is 0. The molecule has 1 aromatic rings. The zero-order chi connectivity index (χ0) is 15.4. The Morgan fingerprint density at radius 2 is 2.00 bits per heavy atom. The van der Waals surface area contributed by atoms with E-state index in [4.69, 9.17) is 10.5 Å². The number of hydrogen-bond acceptors (Lipinski definition) is 4. The van der Waals surface area contributed by atoms with Gasteiger partial charge < -0.3 is 10.5 Å². The van der Waals surface area contributed by atoms with Crippen LogP contribution in [0.2, 0.25) is 0 Å². The van der Waals surface area contributed by atoms with Crippen molar-refractivity contribution in [1.29, 1.82) is 0 Å². The number of primary amides is 1. The highest BCUT2D eigenvalue weighted by Gasteiger charge is 2.35. The molecule has 1 atom stereocenters. The highest BCUT2D eigenvalue weighted by atomic mass is 16.5. The summed E-state index contributed by atoms with van der Waals surface area (Å²) in [5.74, 6) is 0.444. The summed E-state index contributed by atoms with van der Waals surface area (Å²) in [4.78, 5) is 24.9.